The number of hydrogen-bond acceptors (Lipinski definition) is 8. The predicted octanol–water partition coefficient (Wildman–Crippen LogP) is 3.57. The summed E-state index contributed by atoms with van der Waals surface area (Å²) in [4.78, 5) is 51.4. The Morgan fingerprint density at radius 3 is 2.11 bits per heavy atom. The molecule has 1 heterocycles. The Labute approximate surface area is 205 Å². The van der Waals surface area contributed by atoms with E-state index in [0.29, 0.717) is 12.8 Å². The average molecular weight is 488 g/mol. The summed E-state index contributed by atoms with van der Waals surface area (Å²) >= 11 is 0. The van der Waals surface area contributed by atoms with Gasteiger partial charge in [-0.2, -0.15) is 0 Å². The molecule has 0 aliphatic carbocycles. The van der Waals surface area contributed by atoms with Gasteiger partial charge >= 0.3 is 24.0 Å². The number of piperidine rings is 1. The van der Waals surface area contributed by atoms with Gasteiger partial charge in [-0.25, -0.2) is 19.2 Å². The first-order chi connectivity index (χ1) is 16.6. The number of carbonyl (C=O) groups is 4. The summed E-state index contributed by atoms with van der Waals surface area (Å²) in [5.74, 6) is -2.37. The van der Waals surface area contributed by atoms with Gasteiger partial charge in [0.15, 0.2) is 0 Å². The van der Waals surface area contributed by atoms with Crippen LogP contribution in [0.25, 0.3) is 0 Å². The lowest BCUT2D eigenvalue weighted by Gasteiger charge is -2.43. The zero-order valence-corrected chi connectivity index (χ0v) is 20.8. The molecule has 0 radical (unpaired) electrons. The zero-order valence-electron chi connectivity index (χ0n) is 20.8. The van der Waals surface area contributed by atoms with E-state index in [1.807, 2.05) is 30.3 Å². The van der Waals surface area contributed by atoms with Gasteiger partial charge in [-0.3, -0.25) is 4.90 Å². The highest BCUT2D eigenvalue weighted by Gasteiger charge is 2.45. The van der Waals surface area contributed by atoms with E-state index in [9.17, 15) is 19.2 Å². The molecule has 9 heteroatoms. The number of ether oxygens (including phenoxy) is 4. The molecule has 0 N–H and O–H groups in total. The van der Waals surface area contributed by atoms with Gasteiger partial charge in [0.1, 0.15) is 18.2 Å². The first-order valence-electron chi connectivity index (χ1n) is 11.3. The number of hydrogen-bond donors (Lipinski definition) is 0. The fourth-order valence-corrected chi connectivity index (χ4v) is 3.68. The lowest BCUT2D eigenvalue weighted by atomic mass is 9.84. The van der Waals surface area contributed by atoms with Gasteiger partial charge in [0.2, 0.25) is 0 Å². The van der Waals surface area contributed by atoms with Gasteiger partial charge in [-0.15, -0.1) is 0 Å². The molecule has 1 aliphatic heterocycles. The van der Waals surface area contributed by atoms with Crippen LogP contribution in [-0.2, 0) is 39.9 Å². The van der Waals surface area contributed by atoms with Gasteiger partial charge in [0.25, 0.3) is 0 Å². The number of amides is 1. The Balaban J connectivity index is 2.44. The largest absolute Gasteiger partial charge is 0.466 e. The Kier molecular flexibility index (Phi) is 10.1. The summed E-state index contributed by atoms with van der Waals surface area (Å²) < 4.78 is 20.5. The van der Waals surface area contributed by atoms with E-state index in [1.54, 1.807) is 20.8 Å². The van der Waals surface area contributed by atoms with Crippen LogP contribution in [-0.4, -0.2) is 60.8 Å². The highest BCUT2D eigenvalue weighted by Crippen LogP contribution is 2.33. The number of nitrogens with zero attached hydrogens (tertiary/aromatic N) is 1. The second kappa shape index (κ2) is 12.7. The third-order valence-corrected chi connectivity index (χ3v) is 5.26. The van der Waals surface area contributed by atoms with Crippen molar-refractivity contribution in [2.45, 2.75) is 57.9 Å². The topological polar surface area (TPSA) is 108 Å². The molecule has 190 valence electrons. The van der Waals surface area contributed by atoms with Crippen LogP contribution in [0.15, 0.2) is 54.6 Å². The predicted molar refractivity (Wildman–Crippen MR) is 127 cm³/mol. The quantitative estimate of drug-likeness (QED) is 0.326. The molecule has 1 saturated heterocycles. The molecule has 0 spiro atoms. The lowest BCUT2D eigenvalue weighted by molar-refractivity contribution is -0.164. The van der Waals surface area contributed by atoms with Crippen LogP contribution >= 0.6 is 0 Å². The van der Waals surface area contributed by atoms with E-state index >= 15 is 0 Å². The maximum Gasteiger partial charge on any atom is 0.411 e. The number of carbonyl (C=O) groups excluding carboxylic acids is 4. The number of benzene rings is 1. The SMILES string of the molecule is COC(=O)/C=C/[C@@H]1CC[C@H](/C=C/C(=O)OC)[C@@H](C(=O)OC(C)(C)C)N1C(=O)OCc1ccccc1. The van der Waals surface area contributed by atoms with Crippen molar-refractivity contribution in [2.24, 2.45) is 5.92 Å². The molecule has 1 amide bonds. The van der Waals surface area contributed by atoms with E-state index in [-0.39, 0.29) is 6.61 Å². The average Bonchev–Trinajstić information content (AvgIpc) is 2.83. The molecule has 1 aliphatic rings. The summed E-state index contributed by atoms with van der Waals surface area (Å²) in [6.45, 7) is 5.16. The van der Waals surface area contributed by atoms with Crippen LogP contribution < -0.4 is 0 Å². The maximum atomic E-state index is 13.3. The Morgan fingerprint density at radius 2 is 1.54 bits per heavy atom. The Morgan fingerprint density at radius 1 is 0.943 bits per heavy atom. The summed E-state index contributed by atoms with van der Waals surface area (Å²) in [6.07, 6.45) is 5.57. The van der Waals surface area contributed by atoms with Crippen LogP contribution in [0.4, 0.5) is 4.79 Å². The van der Waals surface area contributed by atoms with Crippen LogP contribution in [0.3, 0.4) is 0 Å². The van der Waals surface area contributed by atoms with Gasteiger partial charge in [-0.05, 0) is 39.2 Å². The van der Waals surface area contributed by atoms with E-state index in [1.165, 1.54) is 43.4 Å². The minimum Gasteiger partial charge on any atom is -0.466 e. The van der Waals surface area contributed by atoms with Crippen molar-refractivity contribution in [3.05, 3.63) is 60.2 Å². The van der Waals surface area contributed by atoms with Crippen molar-refractivity contribution in [1.82, 2.24) is 4.90 Å². The summed E-state index contributed by atoms with van der Waals surface area (Å²) in [6, 6.07) is 7.38. The second-order valence-electron chi connectivity index (χ2n) is 9.00. The van der Waals surface area contributed by atoms with Crippen molar-refractivity contribution in [3.63, 3.8) is 0 Å². The fourth-order valence-electron chi connectivity index (χ4n) is 3.68. The summed E-state index contributed by atoms with van der Waals surface area (Å²) in [7, 11) is 2.50. The van der Waals surface area contributed by atoms with E-state index < -0.39 is 47.6 Å². The molecule has 0 saturated carbocycles. The zero-order chi connectivity index (χ0) is 26.0. The van der Waals surface area contributed by atoms with Crippen molar-refractivity contribution in [1.29, 1.82) is 0 Å². The van der Waals surface area contributed by atoms with E-state index in [4.69, 9.17) is 9.47 Å². The van der Waals surface area contributed by atoms with Gasteiger partial charge < -0.3 is 18.9 Å². The summed E-state index contributed by atoms with van der Waals surface area (Å²) in [5.41, 5.74) is -0.0438. The molecule has 0 unspecified atom stereocenters. The van der Waals surface area contributed by atoms with Gasteiger partial charge in [-0.1, -0.05) is 42.5 Å². The highest BCUT2D eigenvalue weighted by atomic mass is 16.6. The molecule has 0 aromatic heterocycles. The van der Waals surface area contributed by atoms with Crippen molar-refractivity contribution < 1.29 is 38.1 Å². The molecule has 1 aromatic carbocycles. The first-order valence-corrected chi connectivity index (χ1v) is 11.3. The number of esters is 3. The van der Waals surface area contributed by atoms with Crippen LogP contribution in [0.2, 0.25) is 0 Å². The third kappa shape index (κ3) is 8.59. The van der Waals surface area contributed by atoms with E-state index in [0.717, 1.165) is 5.56 Å². The molecule has 1 fully saturated rings. The highest BCUT2D eigenvalue weighted by molar-refractivity contribution is 5.85. The fraction of sp³-hybridized carbons (Fsp3) is 0.462. The molecule has 2 rings (SSSR count). The number of methoxy groups -OCH3 is 2. The van der Waals surface area contributed by atoms with Crippen molar-refractivity contribution >= 4 is 24.0 Å². The molecule has 3 atom stereocenters. The minimum atomic E-state index is -1.10. The molecular formula is C26H33NO8. The molecule has 9 nitrogen and oxygen atoms in total. The van der Waals surface area contributed by atoms with Crippen molar-refractivity contribution in [3.8, 4) is 0 Å². The summed E-state index contributed by atoms with van der Waals surface area (Å²) in [5, 5.41) is 0. The standard InChI is InChI=1S/C26H33NO8/c1-26(2,3)35-24(30)23-19(12-15-21(28)32-4)11-13-20(14-16-22(29)33-5)27(23)25(31)34-17-18-9-7-6-8-10-18/h6-10,12,14-16,19-20,23H,11,13,17H2,1-5H3/b15-12+,16-14+/t19-,20+,23+/m1/s1. The van der Waals surface area contributed by atoms with Crippen LogP contribution in [0.1, 0.15) is 39.2 Å². The van der Waals surface area contributed by atoms with Crippen LogP contribution in [0, 0.1) is 5.92 Å². The molecular weight excluding hydrogens is 454 g/mol. The molecule has 35 heavy (non-hydrogen) atoms. The van der Waals surface area contributed by atoms with Crippen LogP contribution in [0.5, 0.6) is 0 Å². The van der Waals surface area contributed by atoms with E-state index in [2.05, 4.69) is 9.47 Å². The number of rotatable bonds is 7. The van der Waals surface area contributed by atoms with Gasteiger partial charge in [0.05, 0.1) is 20.3 Å². The second-order valence-corrected chi connectivity index (χ2v) is 9.00. The van der Waals surface area contributed by atoms with Gasteiger partial charge in [0, 0.05) is 18.1 Å². The Bertz CT molecular complexity index is 948. The smallest absolute Gasteiger partial charge is 0.411 e. The third-order valence-electron chi connectivity index (χ3n) is 5.26. The normalized spacial score (nSPS) is 20.5. The Hall–Kier alpha value is -3.62. The minimum absolute atomic E-state index is 0.00663. The molecule has 0 bridgehead atoms. The first kappa shape index (κ1) is 27.6. The number of likely N-dealkylation sites (tertiary alicyclic amines) is 1. The molecule has 1 aromatic rings. The van der Waals surface area contributed by atoms with Crippen molar-refractivity contribution in [2.75, 3.05) is 14.2 Å². The lowest BCUT2D eigenvalue weighted by Crippen LogP contribution is -2.57. The monoisotopic (exact) mass is 487 g/mol. The maximum absolute atomic E-state index is 13.3.